The number of nitrogens with one attached hydrogen (secondary N) is 1. The molecular formula is C16H23BrN2O4. The van der Waals surface area contributed by atoms with E-state index in [-0.39, 0.29) is 30.7 Å². The number of hydrogen-bond donors (Lipinski definition) is 2. The van der Waals surface area contributed by atoms with E-state index in [0.29, 0.717) is 13.0 Å². The fourth-order valence-electron chi connectivity index (χ4n) is 2.84. The van der Waals surface area contributed by atoms with Crippen molar-refractivity contribution >= 4 is 21.8 Å². The summed E-state index contributed by atoms with van der Waals surface area (Å²) in [6.45, 7) is 6.45. The monoisotopic (exact) mass is 386 g/mol. The Morgan fingerprint density at radius 3 is 2.83 bits per heavy atom. The van der Waals surface area contributed by atoms with Crippen molar-refractivity contribution in [2.45, 2.75) is 45.4 Å². The van der Waals surface area contributed by atoms with Gasteiger partial charge in [-0.15, -0.1) is 0 Å². The van der Waals surface area contributed by atoms with Crippen LogP contribution in [0.3, 0.4) is 0 Å². The van der Waals surface area contributed by atoms with E-state index in [1.54, 1.807) is 12.3 Å². The predicted octanol–water partition coefficient (Wildman–Crippen LogP) is 1.29. The van der Waals surface area contributed by atoms with Crippen molar-refractivity contribution in [2.24, 2.45) is 5.41 Å². The standard InChI is InChI=1S/C16H23BrN2O4/c1-4-23-12-7-16(22,15(12,2)3)10-18-13(20)9-19-8-11(17)5-6-14(19)21/h5-6,8,12,22H,4,7,9-10H2,1-3H3,(H,18,20). The zero-order chi connectivity index (χ0) is 17.3. The lowest BCUT2D eigenvalue weighted by molar-refractivity contribution is -0.238. The van der Waals surface area contributed by atoms with Crippen molar-refractivity contribution in [3.05, 3.63) is 33.2 Å². The molecule has 1 aromatic rings. The molecule has 1 aliphatic carbocycles. The topological polar surface area (TPSA) is 80.6 Å². The summed E-state index contributed by atoms with van der Waals surface area (Å²) >= 11 is 3.27. The number of hydrogen-bond acceptors (Lipinski definition) is 4. The second-order valence-electron chi connectivity index (χ2n) is 6.49. The molecule has 0 saturated heterocycles. The summed E-state index contributed by atoms with van der Waals surface area (Å²) in [5.74, 6) is -0.311. The average Bonchev–Trinajstić information content (AvgIpc) is 2.48. The summed E-state index contributed by atoms with van der Waals surface area (Å²) < 4.78 is 7.64. The second-order valence-corrected chi connectivity index (χ2v) is 7.41. The highest BCUT2D eigenvalue weighted by Crippen LogP contribution is 2.50. The third kappa shape index (κ3) is 3.67. The number of aliphatic hydroxyl groups is 1. The van der Waals surface area contributed by atoms with E-state index in [2.05, 4.69) is 21.2 Å². The molecule has 2 N–H and O–H groups in total. The summed E-state index contributed by atoms with van der Waals surface area (Å²) in [5.41, 5.74) is -1.67. The normalized spacial score (nSPS) is 25.7. The molecule has 1 amide bonds. The molecule has 7 heteroatoms. The smallest absolute Gasteiger partial charge is 0.251 e. The molecule has 2 unspecified atom stereocenters. The number of halogens is 1. The van der Waals surface area contributed by atoms with Crippen molar-refractivity contribution in [3.8, 4) is 0 Å². The van der Waals surface area contributed by atoms with E-state index in [1.165, 1.54) is 10.6 Å². The molecule has 2 atom stereocenters. The molecule has 128 valence electrons. The van der Waals surface area contributed by atoms with Crippen molar-refractivity contribution in [2.75, 3.05) is 13.2 Å². The van der Waals surface area contributed by atoms with Crippen LogP contribution in [0, 0.1) is 5.41 Å². The first kappa shape index (κ1) is 18.2. The second kappa shape index (κ2) is 6.75. The van der Waals surface area contributed by atoms with Gasteiger partial charge in [-0.2, -0.15) is 0 Å². The van der Waals surface area contributed by atoms with Gasteiger partial charge in [0.05, 0.1) is 11.7 Å². The molecule has 0 bridgehead atoms. The van der Waals surface area contributed by atoms with Gasteiger partial charge in [-0.05, 0) is 28.9 Å². The first-order valence-corrected chi connectivity index (χ1v) is 8.45. The van der Waals surface area contributed by atoms with E-state index < -0.39 is 11.0 Å². The maximum atomic E-state index is 12.1. The Balaban J connectivity index is 1.92. The van der Waals surface area contributed by atoms with Gasteiger partial charge in [0.25, 0.3) is 5.56 Å². The van der Waals surface area contributed by atoms with E-state index >= 15 is 0 Å². The summed E-state index contributed by atoms with van der Waals surface area (Å²) in [6.07, 6.45) is 2.04. The SMILES string of the molecule is CCOC1CC(O)(CNC(=O)Cn2cc(Br)ccc2=O)C1(C)C. The zero-order valence-corrected chi connectivity index (χ0v) is 15.2. The zero-order valence-electron chi connectivity index (χ0n) is 13.6. The van der Waals surface area contributed by atoms with Gasteiger partial charge in [0.2, 0.25) is 5.91 Å². The minimum atomic E-state index is -0.995. The van der Waals surface area contributed by atoms with E-state index in [0.717, 1.165) is 4.47 Å². The maximum absolute atomic E-state index is 12.1. The molecular weight excluding hydrogens is 364 g/mol. The van der Waals surface area contributed by atoms with Crippen LogP contribution in [0.5, 0.6) is 0 Å². The van der Waals surface area contributed by atoms with Crippen LogP contribution in [0.25, 0.3) is 0 Å². The summed E-state index contributed by atoms with van der Waals surface area (Å²) in [6, 6.07) is 3.02. The number of ether oxygens (including phenoxy) is 1. The summed E-state index contributed by atoms with van der Waals surface area (Å²) in [5, 5.41) is 13.4. The number of amides is 1. The Morgan fingerprint density at radius 2 is 2.22 bits per heavy atom. The Kier molecular flexibility index (Phi) is 5.33. The van der Waals surface area contributed by atoms with Gasteiger partial charge in [-0.3, -0.25) is 9.59 Å². The van der Waals surface area contributed by atoms with Gasteiger partial charge in [-0.25, -0.2) is 0 Å². The summed E-state index contributed by atoms with van der Waals surface area (Å²) in [7, 11) is 0. The van der Waals surface area contributed by atoms with Crippen LogP contribution in [-0.2, 0) is 16.1 Å². The molecule has 23 heavy (non-hydrogen) atoms. The average molecular weight is 387 g/mol. The first-order valence-electron chi connectivity index (χ1n) is 7.66. The van der Waals surface area contributed by atoms with Crippen LogP contribution in [-0.4, -0.2) is 40.4 Å². The Labute approximate surface area is 144 Å². The number of carbonyl (C=O) groups excluding carboxylic acids is 1. The van der Waals surface area contributed by atoms with E-state index in [4.69, 9.17) is 4.74 Å². The van der Waals surface area contributed by atoms with Gasteiger partial charge in [0, 0.05) is 41.7 Å². The molecule has 1 fully saturated rings. The highest BCUT2D eigenvalue weighted by molar-refractivity contribution is 9.10. The molecule has 6 nitrogen and oxygen atoms in total. The van der Waals surface area contributed by atoms with Crippen molar-refractivity contribution in [1.82, 2.24) is 9.88 Å². The van der Waals surface area contributed by atoms with Crippen LogP contribution in [0.15, 0.2) is 27.6 Å². The first-order chi connectivity index (χ1) is 10.7. The quantitative estimate of drug-likeness (QED) is 0.771. The lowest BCUT2D eigenvalue weighted by Crippen LogP contribution is -2.68. The van der Waals surface area contributed by atoms with Crippen molar-refractivity contribution in [3.63, 3.8) is 0 Å². The third-order valence-electron chi connectivity index (χ3n) is 4.73. The largest absolute Gasteiger partial charge is 0.387 e. The van der Waals surface area contributed by atoms with Crippen molar-refractivity contribution in [1.29, 1.82) is 0 Å². The number of nitrogens with zero attached hydrogens (tertiary/aromatic N) is 1. The molecule has 1 heterocycles. The van der Waals surface area contributed by atoms with Crippen LogP contribution in [0.2, 0.25) is 0 Å². The molecule has 0 radical (unpaired) electrons. The van der Waals surface area contributed by atoms with Gasteiger partial charge < -0.3 is 19.7 Å². The van der Waals surface area contributed by atoms with Crippen molar-refractivity contribution < 1.29 is 14.6 Å². The lowest BCUT2D eigenvalue weighted by Gasteiger charge is -2.57. The highest BCUT2D eigenvalue weighted by Gasteiger charge is 2.59. The molecule has 1 aliphatic rings. The highest BCUT2D eigenvalue weighted by atomic mass is 79.9. The molecule has 0 aromatic carbocycles. The van der Waals surface area contributed by atoms with Gasteiger partial charge >= 0.3 is 0 Å². The Hall–Kier alpha value is -1.18. The minimum Gasteiger partial charge on any atom is -0.387 e. The molecule has 1 saturated carbocycles. The van der Waals surface area contributed by atoms with Crippen LogP contribution in [0.1, 0.15) is 27.2 Å². The van der Waals surface area contributed by atoms with E-state index in [1.807, 2.05) is 20.8 Å². The fraction of sp³-hybridized carbons (Fsp3) is 0.625. The number of aromatic nitrogens is 1. The fourth-order valence-corrected chi connectivity index (χ4v) is 3.22. The van der Waals surface area contributed by atoms with Gasteiger partial charge in [0.1, 0.15) is 6.54 Å². The van der Waals surface area contributed by atoms with Gasteiger partial charge in [-0.1, -0.05) is 13.8 Å². The van der Waals surface area contributed by atoms with E-state index in [9.17, 15) is 14.7 Å². The minimum absolute atomic E-state index is 0.0119. The number of rotatable bonds is 6. The molecule has 0 aliphatic heterocycles. The van der Waals surface area contributed by atoms with Crippen LogP contribution < -0.4 is 10.9 Å². The number of carbonyl (C=O) groups is 1. The maximum Gasteiger partial charge on any atom is 0.251 e. The molecule has 0 spiro atoms. The third-order valence-corrected chi connectivity index (χ3v) is 5.20. The van der Waals surface area contributed by atoms with Gasteiger partial charge in [0.15, 0.2) is 0 Å². The number of pyridine rings is 1. The van der Waals surface area contributed by atoms with Crippen LogP contribution in [0.4, 0.5) is 0 Å². The molecule has 2 rings (SSSR count). The van der Waals surface area contributed by atoms with Crippen LogP contribution >= 0.6 is 15.9 Å². The molecule has 1 aromatic heterocycles. The predicted molar refractivity (Wildman–Crippen MR) is 90.2 cm³/mol. The Bertz CT molecular complexity index is 643. The summed E-state index contributed by atoms with van der Waals surface area (Å²) in [4.78, 5) is 23.7. The lowest BCUT2D eigenvalue weighted by atomic mass is 9.56. The Morgan fingerprint density at radius 1 is 1.52 bits per heavy atom.